The largest absolute Gasteiger partial charge is 0.346 e. The monoisotopic (exact) mass is 278 g/mol. The predicted molar refractivity (Wildman–Crippen MR) is 80.0 cm³/mol. The molecule has 1 rings (SSSR count). The van der Waals surface area contributed by atoms with Crippen LogP contribution in [0.3, 0.4) is 0 Å². The summed E-state index contributed by atoms with van der Waals surface area (Å²) in [7, 11) is 0. The molecule has 0 aliphatic heterocycles. The third kappa shape index (κ3) is 5.40. The third-order valence-corrected chi connectivity index (χ3v) is 3.23. The molecule has 0 radical (unpaired) electrons. The molecule has 0 aromatic heterocycles. The molecule has 0 spiro atoms. The van der Waals surface area contributed by atoms with E-state index in [2.05, 4.69) is 24.5 Å². The summed E-state index contributed by atoms with van der Waals surface area (Å²) in [6, 6.07) is 6.88. The van der Waals surface area contributed by atoms with Crippen molar-refractivity contribution in [2.45, 2.75) is 20.8 Å². The van der Waals surface area contributed by atoms with E-state index in [4.69, 9.17) is 0 Å². The Morgan fingerprint density at radius 2 is 1.70 bits per heavy atom. The molecule has 0 atom stereocenters. The SMILES string of the molecule is CC[NH+](CC)CCNC(=O)c1ccc(NC(C)=O)cc1. The Kier molecular flexibility index (Phi) is 6.73. The molecule has 5 nitrogen and oxygen atoms in total. The highest BCUT2D eigenvalue weighted by Gasteiger charge is 2.07. The van der Waals surface area contributed by atoms with Crippen molar-refractivity contribution in [2.24, 2.45) is 0 Å². The summed E-state index contributed by atoms with van der Waals surface area (Å²) in [5.41, 5.74) is 1.30. The number of amides is 2. The summed E-state index contributed by atoms with van der Waals surface area (Å²) in [5, 5.41) is 5.58. The van der Waals surface area contributed by atoms with Gasteiger partial charge in [-0.1, -0.05) is 0 Å². The number of rotatable bonds is 7. The van der Waals surface area contributed by atoms with Crippen LogP contribution in [0.4, 0.5) is 5.69 Å². The van der Waals surface area contributed by atoms with Gasteiger partial charge in [-0.3, -0.25) is 9.59 Å². The van der Waals surface area contributed by atoms with Gasteiger partial charge in [-0.05, 0) is 38.1 Å². The van der Waals surface area contributed by atoms with E-state index in [1.807, 2.05) is 0 Å². The second-order valence-electron chi connectivity index (χ2n) is 4.72. The summed E-state index contributed by atoms with van der Waals surface area (Å²) in [6.45, 7) is 9.47. The van der Waals surface area contributed by atoms with E-state index in [0.29, 0.717) is 17.8 Å². The molecule has 1 aromatic rings. The zero-order chi connectivity index (χ0) is 15.0. The molecule has 5 heteroatoms. The first-order chi connectivity index (χ1) is 9.56. The molecule has 0 unspecified atom stereocenters. The molecule has 0 fully saturated rings. The second-order valence-corrected chi connectivity index (χ2v) is 4.72. The van der Waals surface area contributed by atoms with Crippen LogP contribution in [-0.2, 0) is 4.79 Å². The molecule has 110 valence electrons. The fraction of sp³-hybridized carbons (Fsp3) is 0.467. The highest BCUT2D eigenvalue weighted by molar-refractivity contribution is 5.95. The molecule has 0 heterocycles. The first-order valence-corrected chi connectivity index (χ1v) is 7.06. The van der Waals surface area contributed by atoms with Gasteiger partial charge in [-0.15, -0.1) is 0 Å². The Balaban J connectivity index is 2.45. The molecule has 1 aromatic carbocycles. The molecular weight excluding hydrogens is 254 g/mol. The van der Waals surface area contributed by atoms with Crippen molar-refractivity contribution in [2.75, 3.05) is 31.5 Å². The van der Waals surface area contributed by atoms with Crippen LogP contribution in [0.5, 0.6) is 0 Å². The lowest BCUT2D eigenvalue weighted by Gasteiger charge is -2.15. The lowest BCUT2D eigenvalue weighted by molar-refractivity contribution is -0.895. The van der Waals surface area contributed by atoms with Crippen LogP contribution in [0.25, 0.3) is 0 Å². The Hall–Kier alpha value is -1.88. The van der Waals surface area contributed by atoms with E-state index in [1.54, 1.807) is 24.3 Å². The maximum atomic E-state index is 11.9. The van der Waals surface area contributed by atoms with E-state index in [0.717, 1.165) is 19.6 Å². The van der Waals surface area contributed by atoms with Gasteiger partial charge in [0.25, 0.3) is 5.91 Å². The maximum Gasteiger partial charge on any atom is 0.251 e. The minimum absolute atomic E-state index is 0.0778. The van der Waals surface area contributed by atoms with Crippen molar-refractivity contribution in [3.8, 4) is 0 Å². The highest BCUT2D eigenvalue weighted by atomic mass is 16.2. The van der Waals surface area contributed by atoms with Crippen molar-refractivity contribution in [1.82, 2.24) is 5.32 Å². The second kappa shape index (κ2) is 8.32. The first-order valence-electron chi connectivity index (χ1n) is 7.06. The van der Waals surface area contributed by atoms with Crippen molar-refractivity contribution in [1.29, 1.82) is 0 Å². The van der Waals surface area contributed by atoms with Crippen LogP contribution in [-0.4, -0.2) is 38.0 Å². The van der Waals surface area contributed by atoms with Gasteiger partial charge in [-0.25, -0.2) is 0 Å². The van der Waals surface area contributed by atoms with Crippen LogP contribution in [0.2, 0.25) is 0 Å². The smallest absolute Gasteiger partial charge is 0.251 e. The summed E-state index contributed by atoms with van der Waals surface area (Å²) in [4.78, 5) is 24.3. The van der Waals surface area contributed by atoms with Gasteiger partial charge in [0.15, 0.2) is 0 Å². The number of carbonyl (C=O) groups excluding carboxylic acids is 2. The predicted octanol–water partition coefficient (Wildman–Crippen LogP) is 0.300. The highest BCUT2D eigenvalue weighted by Crippen LogP contribution is 2.09. The fourth-order valence-electron chi connectivity index (χ4n) is 1.97. The van der Waals surface area contributed by atoms with Crippen LogP contribution >= 0.6 is 0 Å². The summed E-state index contributed by atoms with van der Waals surface area (Å²) < 4.78 is 0. The maximum absolute atomic E-state index is 11.9. The average molecular weight is 278 g/mol. The van der Waals surface area contributed by atoms with Gasteiger partial charge in [0.1, 0.15) is 0 Å². The third-order valence-electron chi connectivity index (χ3n) is 3.23. The van der Waals surface area contributed by atoms with E-state index in [9.17, 15) is 9.59 Å². The Morgan fingerprint density at radius 3 is 2.20 bits per heavy atom. The summed E-state index contributed by atoms with van der Waals surface area (Å²) in [6.07, 6.45) is 0. The van der Waals surface area contributed by atoms with Gasteiger partial charge in [0.2, 0.25) is 5.91 Å². The van der Waals surface area contributed by atoms with Crippen molar-refractivity contribution < 1.29 is 14.5 Å². The van der Waals surface area contributed by atoms with Gasteiger partial charge in [-0.2, -0.15) is 0 Å². The Bertz CT molecular complexity index is 439. The lowest BCUT2D eigenvalue weighted by atomic mass is 10.2. The number of carbonyl (C=O) groups is 2. The average Bonchev–Trinajstić information content (AvgIpc) is 2.43. The normalized spacial score (nSPS) is 10.4. The van der Waals surface area contributed by atoms with Gasteiger partial charge in [0, 0.05) is 18.2 Å². The van der Waals surface area contributed by atoms with Crippen LogP contribution < -0.4 is 15.5 Å². The molecule has 0 saturated carbocycles. The minimum atomic E-state index is -0.121. The van der Waals surface area contributed by atoms with Gasteiger partial charge in [0.05, 0.1) is 26.2 Å². The molecule has 20 heavy (non-hydrogen) atoms. The van der Waals surface area contributed by atoms with Crippen LogP contribution in [0.15, 0.2) is 24.3 Å². The number of likely N-dealkylation sites (N-methyl/N-ethyl adjacent to an activating group) is 1. The molecule has 0 bridgehead atoms. The quantitative estimate of drug-likeness (QED) is 0.672. The lowest BCUT2D eigenvalue weighted by Crippen LogP contribution is -3.12. The Labute approximate surface area is 120 Å². The van der Waals surface area contributed by atoms with E-state index >= 15 is 0 Å². The topological polar surface area (TPSA) is 62.6 Å². The number of quaternary nitrogens is 1. The van der Waals surface area contributed by atoms with Gasteiger partial charge >= 0.3 is 0 Å². The standard InChI is InChI=1S/C15H23N3O2/c1-4-18(5-2)11-10-16-15(20)13-6-8-14(9-7-13)17-12(3)19/h6-9H,4-5,10-11H2,1-3H3,(H,16,20)(H,17,19)/p+1. The van der Waals surface area contributed by atoms with Gasteiger partial charge < -0.3 is 15.5 Å². The van der Waals surface area contributed by atoms with E-state index in [1.165, 1.54) is 11.8 Å². The summed E-state index contributed by atoms with van der Waals surface area (Å²) in [5.74, 6) is -0.199. The van der Waals surface area contributed by atoms with E-state index in [-0.39, 0.29) is 11.8 Å². The number of hydrogen-bond donors (Lipinski definition) is 3. The van der Waals surface area contributed by atoms with Crippen LogP contribution in [0, 0.1) is 0 Å². The molecule has 0 aliphatic carbocycles. The number of hydrogen-bond acceptors (Lipinski definition) is 2. The number of benzene rings is 1. The summed E-state index contributed by atoms with van der Waals surface area (Å²) >= 11 is 0. The number of anilines is 1. The molecular formula is C15H24N3O2+. The number of nitrogens with one attached hydrogen (secondary N) is 3. The molecule has 0 aliphatic rings. The van der Waals surface area contributed by atoms with Crippen LogP contribution in [0.1, 0.15) is 31.1 Å². The van der Waals surface area contributed by atoms with Crippen molar-refractivity contribution in [3.05, 3.63) is 29.8 Å². The zero-order valence-electron chi connectivity index (χ0n) is 12.5. The fourth-order valence-corrected chi connectivity index (χ4v) is 1.97. The zero-order valence-corrected chi connectivity index (χ0v) is 12.5. The molecule has 0 saturated heterocycles. The van der Waals surface area contributed by atoms with E-state index < -0.39 is 0 Å². The molecule has 3 N–H and O–H groups in total. The molecule has 2 amide bonds. The first kappa shape index (κ1) is 16.2. The minimum Gasteiger partial charge on any atom is -0.346 e. The van der Waals surface area contributed by atoms with Crippen molar-refractivity contribution in [3.63, 3.8) is 0 Å². The Morgan fingerprint density at radius 1 is 1.10 bits per heavy atom. The van der Waals surface area contributed by atoms with Crippen molar-refractivity contribution >= 4 is 17.5 Å².